The molecule has 0 aliphatic carbocycles. The Bertz CT molecular complexity index is 696. The van der Waals surface area contributed by atoms with Crippen molar-refractivity contribution >= 4 is 11.8 Å². The van der Waals surface area contributed by atoms with Crippen LogP contribution in [0.15, 0.2) is 54.9 Å². The lowest BCUT2D eigenvalue weighted by molar-refractivity contribution is -0.122. The SMILES string of the molecule is N#CCNC(=O)[C@H](Cc1ccncc1)NC(=O)c1ccccc1. The predicted octanol–water partition coefficient (Wildman–Crippen LogP) is 1.06. The molecule has 6 heteroatoms. The van der Waals surface area contributed by atoms with Crippen molar-refractivity contribution in [1.82, 2.24) is 15.6 Å². The fourth-order valence-corrected chi connectivity index (χ4v) is 2.04. The highest BCUT2D eigenvalue weighted by Gasteiger charge is 2.21. The van der Waals surface area contributed by atoms with E-state index < -0.39 is 11.9 Å². The Labute approximate surface area is 134 Å². The summed E-state index contributed by atoms with van der Waals surface area (Å²) in [5.41, 5.74) is 1.34. The van der Waals surface area contributed by atoms with E-state index in [1.165, 1.54) is 0 Å². The molecule has 0 saturated heterocycles. The summed E-state index contributed by atoms with van der Waals surface area (Å²) in [6.45, 7) is -0.104. The Morgan fingerprint density at radius 3 is 2.48 bits per heavy atom. The van der Waals surface area contributed by atoms with E-state index in [9.17, 15) is 9.59 Å². The summed E-state index contributed by atoms with van der Waals surface area (Å²) < 4.78 is 0. The van der Waals surface area contributed by atoms with Crippen LogP contribution in [0, 0.1) is 11.3 Å². The Balaban J connectivity index is 2.11. The number of pyridine rings is 1. The molecule has 0 unspecified atom stereocenters. The van der Waals surface area contributed by atoms with Crippen LogP contribution in [0.2, 0.25) is 0 Å². The number of aromatic nitrogens is 1. The first-order valence-electron chi connectivity index (χ1n) is 7.10. The molecule has 1 heterocycles. The highest BCUT2D eigenvalue weighted by molar-refractivity contribution is 5.97. The van der Waals surface area contributed by atoms with Crippen LogP contribution in [-0.4, -0.2) is 29.4 Å². The van der Waals surface area contributed by atoms with Crippen molar-refractivity contribution in [1.29, 1.82) is 5.26 Å². The van der Waals surface area contributed by atoms with Crippen LogP contribution in [0.1, 0.15) is 15.9 Å². The molecule has 1 aromatic heterocycles. The van der Waals surface area contributed by atoms with E-state index in [2.05, 4.69) is 15.6 Å². The zero-order chi connectivity index (χ0) is 16.5. The molecular weight excluding hydrogens is 292 g/mol. The summed E-state index contributed by atoms with van der Waals surface area (Å²) in [7, 11) is 0. The van der Waals surface area contributed by atoms with E-state index in [0.29, 0.717) is 12.0 Å². The zero-order valence-electron chi connectivity index (χ0n) is 12.4. The molecular formula is C17H16N4O2. The summed E-state index contributed by atoms with van der Waals surface area (Å²) in [6, 6.07) is 13.3. The molecule has 23 heavy (non-hydrogen) atoms. The van der Waals surface area contributed by atoms with E-state index in [0.717, 1.165) is 5.56 Å². The molecule has 1 atom stereocenters. The number of benzene rings is 1. The van der Waals surface area contributed by atoms with Crippen molar-refractivity contribution in [3.05, 3.63) is 66.0 Å². The van der Waals surface area contributed by atoms with Gasteiger partial charge in [-0.05, 0) is 29.8 Å². The van der Waals surface area contributed by atoms with Crippen molar-refractivity contribution < 1.29 is 9.59 Å². The van der Waals surface area contributed by atoms with Gasteiger partial charge < -0.3 is 10.6 Å². The van der Waals surface area contributed by atoms with Gasteiger partial charge in [-0.25, -0.2) is 0 Å². The molecule has 0 bridgehead atoms. The molecule has 0 aliphatic heterocycles. The third kappa shape index (κ3) is 4.93. The largest absolute Gasteiger partial charge is 0.341 e. The van der Waals surface area contributed by atoms with Gasteiger partial charge in [0.1, 0.15) is 12.6 Å². The van der Waals surface area contributed by atoms with Crippen LogP contribution in [0.3, 0.4) is 0 Å². The van der Waals surface area contributed by atoms with E-state index >= 15 is 0 Å². The molecule has 0 saturated carbocycles. The molecule has 6 nitrogen and oxygen atoms in total. The maximum atomic E-state index is 12.3. The molecule has 1 aromatic carbocycles. The standard InChI is InChI=1S/C17H16N4O2/c18-8-11-20-17(23)15(12-13-6-9-19-10-7-13)21-16(22)14-4-2-1-3-5-14/h1-7,9-10,15H,11-12H2,(H,20,23)(H,21,22)/t15-/m0/s1. The van der Waals surface area contributed by atoms with Gasteiger partial charge in [-0.2, -0.15) is 5.26 Å². The first-order valence-corrected chi connectivity index (χ1v) is 7.10. The Morgan fingerprint density at radius 1 is 1.13 bits per heavy atom. The lowest BCUT2D eigenvalue weighted by Gasteiger charge is -2.18. The topological polar surface area (TPSA) is 94.9 Å². The van der Waals surface area contributed by atoms with Gasteiger partial charge in [0.25, 0.3) is 5.91 Å². The van der Waals surface area contributed by atoms with Gasteiger partial charge in [0, 0.05) is 24.4 Å². The second-order valence-corrected chi connectivity index (χ2v) is 4.83. The number of carbonyl (C=O) groups is 2. The monoisotopic (exact) mass is 308 g/mol. The molecule has 0 spiro atoms. The number of rotatable bonds is 6. The first kappa shape index (κ1) is 16.2. The van der Waals surface area contributed by atoms with E-state index in [1.807, 2.05) is 12.1 Å². The Morgan fingerprint density at radius 2 is 1.83 bits per heavy atom. The molecule has 116 valence electrons. The number of nitrogens with one attached hydrogen (secondary N) is 2. The quantitative estimate of drug-likeness (QED) is 0.780. The minimum Gasteiger partial charge on any atom is -0.341 e. The fraction of sp³-hybridized carbons (Fsp3) is 0.176. The zero-order valence-corrected chi connectivity index (χ0v) is 12.4. The number of carbonyl (C=O) groups excluding carboxylic acids is 2. The van der Waals surface area contributed by atoms with Crippen LogP contribution >= 0.6 is 0 Å². The minimum absolute atomic E-state index is 0.104. The number of hydrogen-bond donors (Lipinski definition) is 2. The molecule has 2 N–H and O–H groups in total. The van der Waals surface area contributed by atoms with E-state index in [-0.39, 0.29) is 12.5 Å². The normalized spacial score (nSPS) is 11.1. The van der Waals surface area contributed by atoms with Crippen molar-refractivity contribution in [2.45, 2.75) is 12.5 Å². The predicted molar refractivity (Wildman–Crippen MR) is 84.3 cm³/mol. The van der Waals surface area contributed by atoms with Crippen molar-refractivity contribution in [3.63, 3.8) is 0 Å². The van der Waals surface area contributed by atoms with Gasteiger partial charge in [0.05, 0.1) is 6.07 Å². The van der Waals surface area contributed by atoms with Crippen LogP contribution in [0.4, 0.5) is 0 Å². The number of hydrogen-bond acceptors (Lipinski definition) is 4. The molecule has 0 aliphatic rings. The van der Waals surface area contributed by atoms with Gasteiger partial charge in [-0.15, -0.1) is 0 Å². The van der Waals surface area contributed by atoms with Crippen LogP contribution in [0.25, 0.3) is 0 Å². The average molecular weight is 308 g/mol. The number of nitriles is 1. The summed E-state index contributed by atoms with van der Waals surface area (Å²) in [5, 5.41) is 13.8. The summed E-state index contributed by atoms with van der Waals surface area (Å²) >= 11 is 0. The van der Waals surface area contributed by atoms with Crippen molar-refractivity contribution in [2.24, 2.45) is 0 Å². The highest BCUT2D eigenvalue weighted by atomic mass is 16.2. The lowest BCUT2D eigenvalue weighted by atomic mass is 10.1. The van der Waals surface area contributed by atoms with E-state index in [1.54, 1.807) is 48.8 Å². The van der Waals surface area contributed by atoms with Gasteiger partial charge in [0.15, 0.2) is 0 Å². The van der Waals surface area contributed by atoms with Crippen LogP contribution < -0.4 is 10.6 Å². The average Bonchev–Trinajstić information content (AvgIpc) is 2.60. The maximum absolute atomic E-state index is 12.3. The van der Waals surface area contributed by atoms with Crippen LogP contribution in [-0.2, 0) is 11.2 Å². The van der Waals surface area contributed by atoms with Gasteiger partial charge in [-0.1, -0.05) is 18.2 Å². The lowest BCUT2D eigenvalue weighted by Crippen LogP contribution is -2.48. The second kappa shape index (κ2) is 8.29. The summed E-state index contributed by atoms with van der Waals surface area (Å²) in [6.07, 6.45) is 3.57. The molecule has 0 radical (unpaired) electrons. The highest BCUT2D eigenvalue weighted by Crippen LogP contribution is 2.05. The smallest absolute Gasteiger partial charge is 0.251 e. The minimum atomic E-state index is -0.765. The number of amides is 2. The third-order valence-corrected chi connectivity index (χ3v) is 3.19. The van der Waals surface area contributed by atoms with Gasteiger partial charge >= 0.3 is 0 Å². The number of nitrogens with zero attached hydrogens (tertiary/aromatic N) is 2. The van der Waals surface area contributed by atoms with Crippen LogP contribution in [0.5, 0.6) is 0 Å². The van der Waals surface area contributed by atoms with Gasteiger partial charge in [-0.3, -0.25) is 14.6 Å². The molecule has 2 aromatic rings. The summed E-state index contributed by atoms with van der Waals surface area (Å²) in [4.78, 5) is 28.4. The molecule has 2 rings (SSSR count). The Hall–Kier alpha value is -3.20. The Kier molecular flexibility index (Phi) is 5.83. The second-order valence-electron chi connectivity index (χ2n) is 4.83. The third-order valence-electron chi connectivity index (χ3n) is 3.19. The fourth-order valence-electron chi connectivity index (χ4n) is 2.04. The maximum Gasteiger partial charge on any atom is 0.251 e. The summed E-state index contributed by atoms with van der Waals surface area (Å²) in [5.74, 6) is -0.732. The van der Waals surface area contributed by atoms with Crippen molar-refractivity contribution in [3.8, 4) is 6.07 Å². The van der Waals surface area contributed by atoms with Crippen molar-refractivity contribution in [2.75, 3.05) is 6.54 Å². The first-order chi connectivity index (χ1) is 11.2. The molecule has 2 amide bonds. The van der Waals surface area contributed by atoms with Gasteiger partial charge in [0.2, 0.25) is 5.91 Å². The van der Waals surface area contributed by atoms with E-state index in [4.69, 9.17) is 5.26 Å². The molecule has 0 fully saturated rings.